The molecular weight excluding hydrogens is 291 g/mol. The van der Waals surface area contributed by atoms with Crippen molar-refractivity contribution in [3.8, 4) is 0 Å². The molecular formula is C15H23FN2O2S. The van der Waals surface area contributed by atoms with Crippen LogP contribution in [-0.2, 0) is 10.0 Å². The Kier molecular flexibility index (Phi) is 5.01. The van der Waals surface area contributed by atoms with Crippen LogP contribution >= 0.6 is 0 Å². The van der Waals surface area contributed by atoms with E-state index in [1.54, 1.807) is 6.07 Å². The summed E-state index contributed by atoms with van der Waals surface area (Å²) in [5.41, 5.74) is 0.910. The van der Waals surface area contributed by atoms with Crippen molar-refractivity contribution in [2.75, 3.05) is 19.3 Å². The number of piperidine rings is 1. The van der Waals surface area contributed by atoms with E-state index in [4.69, 9.17) is 0 Å². The number of rotatable bonds is 4. The maximum Gasteiger partial charge on any atom is 0.211 e. The Labute approximate surface area is 126 Å². The van der Waals surface area contributed by atoms with Gasteiger partial charge in [0.2, 0.25) is 10.0 Å². The van der Waals surface area contributed by atoms with Gasteiger partial charge in [0, 0.05) is 25.2 Å². The molecule has 0 aliphatic carbocycles. The maximum atomic E-state index is 13.3. The molecule has 1 aromatic carbocycles. The molecule has 1 aliphatic rings. The summed E-state index contributed by atoms with van der Waals surface area (Å²) in [6.07, 6.45) is 2.02. The molecule has 0 aromatic heterocycles. The lowest BCUT2D eigenvalue weighted by atomic mass is 9.93. The van der Waals surface area contributed by atoms with E-state index >= 15 is 0 Å². The van der Waals surface area contributed by atoms with Crippen molar-refractivity contribution >= 4 is 10.0 Å². The normalized spacial score (nSPS) is 25.7. The van der Waals surface area contributed by atoms with Crippen molar-refractivity contribution in [2.45, 2.75) is 32.4 Å². The Morgan fingerprint density at radius 3 is 2.71 bits per heavy atom. The largest absolute Gasteiger partial charge is 0.307 e. The zero-order chi connectivity index (χ0) is 15.6. The average Bonchev–Trinajstić information content (AvgIpc) is 2.39. The SMILES string of the molecule is C[C@H](N[C@@H]1CCN(S(C)(=O)=O)C[C@@H]1C)c1cccc(F)c1. The van der Waals surface area contributed by atoms with Crippen LogP contribution in [0.4, 0.5) is 4.39 Å². The van der Waals surface area contributed by atoms with Crippen molar-refractivity contribution in [1.82, 2.24) is 9.62 Å². The van der Waals surface area contributed by atoms with Gasteiger partial charge in [-0.15, -0.1) is 0 Å². The smallest absolute Gasteiger partial charge is 0.211 e. The molecule has 0 radical (unpaired) electrons. The molecule has 118 valence electrons. The Hall–Kier alpha value is -0.980. The molecule has 3 atom stereocenters. The quantitative estimate of drug-likeness (QED) is 0.926. The summed E-state index contributed by atoms with van der Waals surface area (Å²) in [6, 6.07) is 6.85. The van der Waals surface area contributed by atoms with Gasteiger partial charge in [0.15, 0.2) is 0 Å². The summed E-state index contributed by atoms with van der Waals surface area (Å²) in [6.45, 7) is 5.13. The Balaban J connectivity index is 1.98. The van der Waals surface area contributed by atoms with Gasteiger partial charge in [0.1, 0.15) is 5.82 Å². The van der Waals surface area contributed by atoms with Gasteiger partial charge in [-0.2, -0.15) is 0 Å². The van der Waals surface area contributed by atoms with Crippen LogP contribution in [0.5, 0.6) is 0 Å². The first-order valence-corrected chi connectivity index (χ1v) is 9.09. The zero-order valence-electron chi connectivity index (χ0n) is 12.7. The summed E-state index contributed by atoms with van der Waals surface area (Å²) in [4.78, 5) is 0. The molecule has 1 saturated heterocycles. The Morgan fingerprint density at radius 1 is 1.43 bits per heavy atom. The van der Waals surface area contributed by atoms with E-state index in [9.17, 15) is 12.8 Å². The fourth-order valence-corrected chi connectivity index (χ4v) is 3.79. The number of benzene rings is 1. The highest BCUT2D eigenvalue weighted by Gasteiger charge is 2.31. The molecule has 0 bridgehead atoms. The standard InChI is InChI=1S/C15H23FN2O2S/c1-11-10-18(21(3,19)20)8-7-15(11)17-12(2)13-5-4-6-14(16)9-13/h4-6,9,11-12,15,17H,7-8,10H2,1-3H3/t11-,12-,15+/m0/s1. The van der Waals surface area contributed by atoms with Gasteiger partial charge in [-0.05, 0) is 37.0 Å². The highest BCUT2D eigenvalue weighted by atomic mass is 32.2. The minimum atomic E-state index is -3.11. The van der Waals surface area contributed by atoms with Crippen molar-refractivity contribution in [1.29, 1.82) is 0 Å². The summed E-state index contributed by atoms with van der Waals surface area (Å²) in [5.74, 6) is -0.00872. The lowest BCUT2D eigenvalue weighted by Gasteiger charge is -2.37. The molecule has 1 fully saturated rings. The third-order valence-corrected chi connectivity index (χ3v) is 5.42. The molecule has 1 N–H and O–H groups in total. The number of halogens is 1. The van der Waals surface area contributed by atoms with Gasteiger partial charge in [0.25, 0.3) is 0 Å². The fraction of sp³-hybridized carbons (Fsp3) is 0.600. The van der Waals surface area contributed by atoms with Crippen LogP contribution in [0.3, 0.4) is 0 Å². The fourth-order valence-electron chi connectivity index (χ4n) is 2.85. The van der Waals surface area contributed by atoms with Gasteiger partial charge in [-0.3, -0.25) is 0 Å². The predicted octanol–water partition coefficient (Wildman–Crippen LogP) is 2.15. The second-order valence-corrected chi connectivity index (χ2v) is 7.92. The predicted molar refractivity (Wildman–Crippen MR) is 81.9 cm³/mol. The molecule has 1 heterocycles. The van der Waals surface area contributed by atoms with Crippen LogP contribution in [0.15, 0.2) is 24.3 Å². The molecule has 6 heteroatoms. The highest BCUT2D eigenvalue weighted by Crippen LogP contribution is 2.22. The van der Waals surface area contributed by atoms with E-state index in [-0.39, 0.29) is 23.8 Å². The third kappa shape index (κ3) is 4.25. The van der Waals surface area contributed by atoms with Crippen molar-refractivity contribution in [2.24, 2.45) is 5.92 Å². The molecule has 1 aliphatic heterocycles. The Bertz CT molecular complexity index is 591. The van der Waals surface area contributed by atoms with Crippen LogP contribution in [0, 0.1) is 11.7 Å². The molecule has 0 saturated carbocycles. The molecule has 0 spiro atoms. The van der Waals surface area contributed by atoms with Crippen LogP contribution in [-0.4, -0.2) is 38.1 Å². The zero-order valence-corrected chi connectivity index (χ0v) is 13.5. The van der Waals surface area contributed by atoms with Gasteiger partial charge in [0.05, 0.1) is 6.26 Å². The van der Waals surface area contributed by atoms with Crippen molar-refractivity contribution < 1.29 is 12.8 Å². The highest BCUT2D eigenvalue weighted by molar-refractivity contribution is 7.88. The summed E-state index contributed by atoms with van der Waals surface area (Å²) in [7, 11) is -3.11. The van der Waals surface area contributed by atoms with Crippen molar-refractivity contribution in [3.63, 3.8) is 0 Å². The average molecular weight is 314 g/mol. The summed E-state index contributed by atoms with van der Waals surface area (Å²) in [5, 5.41) is 3.50. The minimum absolute atomic E-state index is 0.0398. The first-order chi connectivity index (χ1) is 9.77. The maximum absolute atomic E-state index is 13.3. The molecule has 0 amide bonds. The van der Waals surface area contributed by atoms with Gasteiger partial charge >= 0.3 is 0 Å². The lowest BCUT2D eigenvalue weighted by molar-refractivity contribution is 0.210. The van der Waals surface area contributed by atoms with E-state index in [1.165, 1.54) is 22.7 Å². The van der Waals surface area contributed by atoms with Crippen LogP contribution in [0.1, 0.15) is 31.9 Å². The van der Waals surface area contributed by atoms with E-state index in [0.29, 0.717) is 13.1 Å². The number of hydrogen-bond donors (Lipinski definition) is 1. The van der Waals surface area contributed by atoms with E-state index in [0.717, 1.165) is 12.0 Å². The van der Waals surface area contributed by atoms with E-state index in [2.05, 4.69) is 5.32 Å². The summed E-state index contributed by atoms with van der Waals surface area (Å²) >= 11 is 0. The van der Waals surface area contributed by atoms with Crippen LogP contribution < -0.4 is 5.32 Å². The van der Waals surface area contributed by atoms with Crippen LogP contribution in [0.2, 0.25) is 0 Å². The van der Waals surface area contributed by atoms with Crippen LogP contribution in [0.25, 0.3) is 0 Å². The number of nitrogens with one attached hydrogen (secondary N) is 1. The molecule has 0 unspecified atom stereocenters. The molecule has 21 heavy (non-hydrogen) atoms. The Morgan fingerprint density at radius 2 is 2.14 bits per heavy atom. The van der Waals surface area contributed by atoms with Crippen molar-refractivity contribution in [3.05, 3.63) is 35.6 Å². The van der Waals surface area contributed by atoms with E-state index < -0.39 is 10.0 Å². The van der Waals surface area contributed by atoms with Gasteiger partial charge in [-0.25, -0.2) is 17.1 Å². The topological polar surface area (TPSA) is 49.4 Å². The second-order valence-electron chi connectivity index (χ2n) is 5.94. The number of sulfonamides is 1. The van der Waals surface area contributed by atoms with Gasteiger partial charge in [-0.1, -0.05) is 19.1 Å². The molecule has 4 nitrogen and oxygen atoms in total. The minimum Gasteiger partial charge on any atom is -0.307 e. The monoisotopic (exact) mass is 314 g/mol. The van der Waals surface area contributed by atoms with E-state index in [1.807, 2.05) is 19.9 Å². The first kappa shape index (κ1) is 16.4. The van der Waals surface area contributed by atoms with Gasteiger partial charge < -0.3 is 5.32 Å². The number of nitrogens with zero attached hydrogens (tertiary/aromatic N) is 1. The number of hydrogen-bond acceptors (Lipinski definition) is 3. The third-order valence-electron chi connectivity index (χ3n) is 4.15. The molecule has 1 aromatic rings. The second kappa shape index (κ2) is 6.42. The summed E-state index contributed by atoms with van der Waals surface area (Å²) < 4.78 is 38.0. The first-order valence-electron chi connectivity index (χ1n) is 7.24. The lowest BCUT2D eigenvalue weighted by Crippen LogP contribution is -2.50. The molecule has 2 rings (SSSR count).